The fourth-order valence-corrected chi connectivity index (χ4v) is 14.5. The Morgan fingerprint density at radius 2 is 0.984 bits per heavy atom. The van der Waals surface area contributed by atoms with E-state index >= 15 is 0 Å². The summed E-state index contributed by atoms with van der Waals surface area (Å²) in [6.07, 6.45) is 3.27. The molecule has 0 radical (unpaired) electrons. The Balaban J connectivity index is 2.38. The molecule has 0 aliphatic heterocycles. The first-order valence-electron chi connectivity index (χ1n) is 19.9. The van der Waals surface area contributed by atoms with Crippen LogP contribution >= 0.6 is 0 Å². The van der Waals surface area contributed by atoms with Crippen LogP contribution in [-0.4, -0.2) is 102 Å². The number of nitrogens with zero attached hydrogens (tertiary/aromatic N) is 2. The lowest BCUT2D eigenvalue weighted by atomic mass is 10.1. The highest BCUT2D eigenvalue weighted by Gasteiger charge is 2.52. The molecule has 0 saturated heterocycles. The number of allylic oxidation sites excluding steroid dienone is 6. The third-order valence-electron chi connectivity index (χ3n) is 12.0. The SMILES string of the molecule is C=C(COC(=O)/C(=C(C)/C=C(\C)N(C)C)S(=O)(=O)c1ccccc1)C(C)(C)[Si](C)(C)OC(C)(C)[Si](C)(C)C(=C)COC(=O)/C(=C(C)/C=C(/C)N(C)C)S(=O)(=O)c1ccccc1. The molecule has 0 aliphatic rings. The van der Waals surface area contributed by atoms with Gasteiger partial charge in [-0.1, -0.05) is 69.9 Å². The highest BCUT2D eigenvalue weighted by atomic mass is 32.2. The van der Waals surface area contributed by atoms with Crippen molar-refractivity contribution in [2.24, 2.45) is 0 Å². The Hall–Kier alpha value is -4.29. The third-order valence-corrected chi connectivity index (χ3v) is 25.5. The van der Waals surface area contributed by atoms with Crippen LogP contribution in [0.1, 0.15) is 55.4 Å². The smallest absolute Gasteiger partial charge is 0.350 e. The minimum absolute atomic E-state index is 0.0251. The maximum Gasteiger partial charge on any atom is 0.350 e. The summed E-state index contributed by atoms with van der Waals surface area (Å²) in [6, 6.07) is 15.5. The van der Waals surface area contributed by atoms with Gasteiger partial charge in [0.05, 0.1) is 9.79 Å². The Kier molecular flexibility index (Phi) is 17.6. The van der Waals surface area contributed by atoms with Crippen LogP contribution in [0.25, 0.3) is 0 Å². The quantitative estimate of drug-likeness (QED) is 0.0414. The molecule has 0 spiro atoms. The van der Waals surface area contributed by atoms with Gasteiger partial charge in [-0.3, -0.25) is 0 Å². The lowest BCUT2D eigenvalue weighted by molar-refractivity contribution is -0.138. The molecule has 0 saturated carbocycles. The van der Waals surface area contributed by atoms with Crippen LogP contribution in [0.15, 0.2) is 139 Å². The number of hydrogen-bond donors (Lipinski definition) is 0. The van der Waals surface area contributed by atoms with Gasteiger partial charge in [-0.2, -0.15) is 0 Å². The van der Waals surface area contributed by atoms with Gasteiger partial charge in [0.2, 0.25) is 19.7 Å². The Morgan fingerprint density at radius 3 is 1.33 bits per heavy atom. The van der Waals surface area contributed by atoms with Crippen molar-refractivity contribution in [2.75, 3.05) is 41.4 Å². The predicted octanol–water partition coefficient (Wildman–Crippen LogP) is 9.18. The second kappa shape index (κ2) is 20.3. The van der Waals surface area contributed by atoms with Gasteiger partial charge in [0, 0.05) is 49.8 Å². The van der Waals surface area contributed by atoms with E-state index in [4.69, 9.17) is 13.9 Å². The van der Waals surface area contributed by atoms with Crippen molar-refractivity contribution in [1.82, 2.24) is 9.80 Å². The summed E-state index contributed by atoms with van der Waals surface area (Å²) in [5.74, 6) is -1.97. The van der Waals surface area contributed by atoms with Crippen LogP contribution in [0.2, 0.25) is 31.2 Å². The molecule has 0 fully saturated rings. The van der Waals surface area contributed by atoms with Crippen LogP contribution in [0.3, 0.4) is 0 Å². The van der Waals surface area contributed by atoms with E-state index in [0.717, 1.165) is 11.4 Å². The largest absolute Gasteiger partial charge is 0.457 e. The van der Waals surface area contributed by atoms with E-state index in [1.165, 1.54) is 24.3 Å². The van der Waals surface area contributed by atoms with Crippen molar-refractivity contribution in [3.63, 3.8) is 0 Å². The van der Waals surface area contributed by atoms with Crippen LogP contribution in [0.5, 0.6) is 0 Å². The molecule has 61 heavy (non-hydrogen) atoms. The molecule has 0 N–H and O–H groups in total. The summed E-state index contributed by atoms with van der Waals surface area (Å²) in [4.78, 5) is 30.3. The summed E-state index contributed by atoms with van der Waals surface area (Å²) < 4.78 is 74.2. The Labute approximate surface area is 368 Å². The van der Waals surface area contributed by atoms with Crippen molar-refractivity contribution in [3.05, 3.63) is 129 Å². The van der Waals surface area contributed by atoms with E-state index in [2.05, 4.69) is 26.3 Å². The molecule has 0 heterocycles. The summed E-state index contributed by atoms with van der Waals surface area (Å²) in [7, 11) is -6.78. The number of carbonyl (C=O) groups is 2. The summed E-state index contributed by atoms with van der Waals surface area (Å²) in [5.41, 5.74) is 2.51. The van der Waals surface area contributed by atoms with Gasteiger partial charge >= 0.3 is 11.9 Å². The molecule has 2 aromatic rings. The molecule has 0 aromatic heterocycles. The number of benzene rings is 2. The van der Waals surface area contributed by atoms with E-state index in [9.17, 15) is 26.4 Å². The van der Waals surface area contributed by atoms with Gasteiger partial charge in [-0.05, 0) is 113 Å². The molecule has 2 rings (SSSR count). The fourth-order valence-electron chi connectivity index (χ4n) is 5.96. The number of carbonyl (C=O) groups excluding carboxylic acids is 2. The van der Waals surface area contributed by atoms with Crippen LogP contribution in [-0.2, 0) is 43.2 Å². The van der Waals surface area contributed by atoms with Gasteiger partial charge in [-0.15, -0.1) is 6.58 Å². The minimum atomic E-state index is -4.25. The number of ether oxygens (including phenoxy) is 2. The summed E-state index contributed by atoms with van der Waals surface area (Å²) in [6.45, 7) is 31.0. The molecule has 0 atom stereocenters. The van der Waals surface area contributed by atoms with E-state index < -0.39 is 68.1 Å². The van der Waals surface area contributed by atoms with E-state index in [0.29, 0.717) is 10.8 Å². The molecule has 0 amide bonds. The number of sulfone groups is 2. The Morgan fingerprint density at radius 1 is 0.639 bits per heavy atom. The number of hydrogen-bond acceptors (Lipinski definition) is 11. The van der Waals surface area contributed by atoms with Crippen molar-refractivity contribution >= 4 is 48.0 Å². The summed E-state index contributed by atoms with van der Waals surface area (Å²) in [5, 5.41) is -0.865. The van der Waals surface area contributed by atoms with Crippen LogP contribution in [0.4, 0.5) is 0 Å². The zero-order chi connectivity index (χ0) is 47.1. The number of esters is 2. The molecule has 0 unspecified atom stereocenters. The molecule has 336 valence electrons. The second-order valence-corrected chi connectivity index (χ2v) is 31.2. The number of rotatable bonds is 20. The summed E-state index contributed by atoms with van der Waals surface area (Å²) >= 11 is 0. The average Bonchev–Trinajstić information content (AvgIpc) is 3.15. The lowest BCUT2D eigenvalue weighted by Gasteiger charge is -2.50. The van der Waals surface area contributed by atoms with E-state index in [-0.39, 0.29) is 34.2 Å². The second-order valence-electron chi connectivity index (χ2n) is 17.7. The molecule has 11 nitrogen and oxygen atoms in total. The minimum Gasteiger partial charge on any atom is -0.457 e. The average molecular weight is 913 g/mol. The van der Waals surface area contributed by atoms with E-state index in [1.807, 2.05) is 92.6 Å². The zero-order valence-corrected chi connectivity index (χ0v) is 42.8. The molecular formula is C46H68N2O9S2Si2. The van der Waals surface area contributed by atoms with Crippen molar-refractivity contribution in [1.29, 1.82) is 0 Å². The van der Waals surface area contributed by atoms with Gasteiger partial charge in [0.25, 0.3) is 0 Å². The normalized spacial score (nSPS) is 14.4. The predicted molar refractivity (Wildman–Crippen MR) is 252 cm³/mol. The highest BCUT2D eigenvalue weighted by molar-refractivity contribution is 7.96. The van der Waals surface area contributed by atoms with Gasteiger partial charge in [0.1, 0.15) is 21.3 Å². The lowest BCUT2D eigenvalue weighted by Crippen LogP contribution is -2.61. The molecule has 2 aromatic carbocycles. The first-order chi connectivity index (χ1) is 27.8. The third kappa shape index (κ3) is 12.4. The standard InChI is InChI=1S/C46H68N2O9S2Si2/c1-33(29-36(4)47(11)12)41(58(51,52)39-25-21-19-22-26-39)43(49)55-31-35(3)45(7,8)61(17,18)57-46(9,10)60(15,16)38(6)32-56-44(50)42(34(2)30-37(5)48(13)14)59(53,54)40-27-23-20-24-28-40/h19-30H,3,6,31-32H2,1-2,4-5,7-18H3/b36-29+,37-30-,41-33-,42-34-. The molecular weight excluding hydrogens is 845 g/mol. The van der Waals surface area contributed by atoms with E-state index in [1.54, 1.807) is 62.4 Å². The first kappa shape index (κ1) is 52.9. The monoisotopic (exact) mass is 912 g/mol. The van der Waals surface area contributed by atoms with Gasteiger partial charge in [0.15, 0.2) is 18.1 Å². The molecule has 0 aliphatic carbocycles. The maximum absolute atomic E-state index is 13.9. The molecule has 15 heteroatoms. The van der Waals surface area contributed by atoms with Gasteiger partial charge in [-0.25, -0.2) is 26.4 Å². The van der Waals surface area contributed by atoms with Crippen molar-refractivity contribution in [3.8, 4) is 0 Å². The van der Waals surface area contributed by atoms with Crippen LogP contribution in [0, 0.1) is 0 Å². The fraction of sp³-hybridized carbons (Fsp3) is 0.435. The van der Waals surface area contributed by atoms with Crippen molar-refractivity contribution in [2.45, 2.75) is 102 Å². The Bertz CT molecular complexity index is 2160. The zero-order valence-electron chi connectivity index (χ0n) is 39.1. The maximum atomic E-state index is 13.9. The van der Waals surface area contributed by atoms with Crippen LogP contribution < -0.4 is 0 Å². The first-order valence-corrected chi connectivity index (χ1v) is 28.8. The highest BCUT2D eigenvalue weighted by Crippen LogP contribution is 2.47. The van der Waals surface area contributed by atoms with Crippen molar-refractivity contribution < 1.29 is 40.3 Å². The molecule has 0 bridgehead atoms. The van der Waals surface area contributed by atoms with Gasteiger partial charge < -0.3 is 23.7 Å². The topological polar surface area (TPSA) is 137 Å².